The van der Waals surface area contributed by atoms with Crippen LogP contribution in [-0.2, 0) is 7.05 Å². The maximum absolute atomic E-state index is 6.23. The predicted molar refractivity (Wildman–Crippen MR) is 69.6 cm³/mol. The van der Waals surface area contributed by atoms with Crippen LogP contribution in [0.15, 0.2) is 12.4 Å². The van der Waals surface area contributed by atoms with Crippen molar-refractivity contribution in [3.63, 3.8) is 0 Å². The van der Waals surface area contributed by atoms with E-state index in [9.17, 15) is 0 Å². The molecule has 1 saturated heterocycles. The molecule has 17 heavy (non-hydrogen) atoms. The largest absolute Gasteiger partial charge is 0.323 e. The Morgan fingerprint density at radius 1 is 1.53 bits per heavy atom. The van der Waals surface area contributed by atoms with Crippen LogP contribution in [0.3, 0.4) is 0 Å². The molecule has 0 aliphatic carbocycles. The van der Waals surface area contributed by atoms with Gasteiger partial charge in [-0.3, -0.25) is 4.68 Å². The van der Waals surface area contributed by atoms with Crippen molar-refractivity contribution in [2.75, 3.05) is 19.6 Å². The van der Waals surface area contributed by atoms with Gasteiger partial charge in [0.2, 0.25) is 0 Å². The van der Waals surface area contributed by atoms with E-state index in [2.05, 4.69) is 23.8 Å². The first kappa shape index (κ1) is 12.6. The molecule has 96 valence electrons. The maximum Gasteiger partial charge on any atom is 0.0537 e. The first-order valence-electron chi connectivity index (χ1n) is 6.43. The van der Waals surface area contributed by atoms with Gasteiger partial charge in [-0.25, -0.2) is 0 Å². The minimum Gasteiger partial charge on any atom is -0.323 e. The minimum absolute atomic E-state index is 0.0811. The van der Waals surface area contributed by atoms with Gasteiger partial charge >= 0.3 is 0 Å². The van der Waals surface area contributed by atoms with Crippen molar-refractivity contribution in [1.29, 1.82) is 0 Å². The average Bonchev–Trinajstić information content (AvgIpc) is 2.63. The lowest BCUT2D eigenvalue weighted by molar-refractivity contribution is 0.112. The van der Waals surface area contributed by atoms with E-state index >= 15 is 0 Å². The molecule has 1 aromatic heterocycles. The monoisotopic (exact) mass is 236 g/mol. The van der Waals surface area contributed by atoms with Gasteiger partial charge in [0.15, 0.2) is 0 Å². The summed E-state index contributed by atoms with van der Waals surface area (Å²) in [6.45, 7) is 7.96. The van der Waals surface area contributed by atoms with Gasteiger partial charge in [0.05, 0.1) is 6.20 Å². The molecule has 4 nitrogen and oxygen atoms in total. The number of aromatic nitrogens is 2. The van der Waals surface area contributed by atoms with Crippen molar-refractivity contribution in [3.8, 4) is 0 Å². The van der Waals surface area contributed by atoms with E-state index in [0.29, 0.717) is 5.41 Å². The summed E-state index contributed by atoms with van der Waals surface area (Å²) < 4.78 is 1.81. The molecule has 1 fully saturated rings. The number of nitrogens with zero attached hydrogens (tertiary/aromatic N) is 3. The summed E-state index contributed by atoms with van der Waals surface area (Å²) >= 11 is 0. The summed E-state index contributed by atoms with van der Waals surface area (Å²) in [6.07, 6.45) is 6.50. The fourth-order valence-corrected chi connectivity index (χ4v) is 2.72. The maximum atomic E-state index is 6.23. The Hall–Kier alpha value is -0.870. The second-order valence-electron chi connectivity index (χ2n) is 6.06. The number of hydrogen-bond donors (Lipinski definition) is 1. The summed E-state index contributed by atoms with van der Waals surface area (Å²) in [6, 6.07) is 0.0811. The lowest BCUT2D eigenvalue weighted by Crippen LogP contribution is -2.43. The van der Waals surface area contributed by atoms with Crippen LogP contribution in [0.2, 0.25) is 0 Å². The Morgan fingerprint density at radius 2 is 2.29 bits per heavy atom. The van der Waals surface area contributed by atoms with Crippen LogP contribution in [0.1, 0.15) is 38.3 Å². The molecule has 1 unspecified atom stereocenters. The van der Waals surface area contributed by atoms with Gasteiger partial charge in [0.25, 0.3) is 0 Å². The topological polar surface area (TPSA) is 47.1 Å². The molecule has 1 aliphatic heterocycles. The van der Waals surface area contributed by atoms with Crippen LogP contribution in [-0.4, -0.2) is 34.3 Å². The molecule has 2 heterocycles. The average molecular weight is 236 g/mol. The van der Waals surface area contributed by atoms with Crippen molar-refractivity contribution >= 4 is 0 Å². The van der Waals surface area contributed by atoms with E-state index in [1.165, 1.54) is 19.4 Å². The predicted octanol–water partition coefficient (Wildman–Crippen LogP) is 1.54. The summed E-state index contributed by atoms with van der Waals surface area (Å²) in [5, 5.41) is 4.18. The Balaban J connectivity index is 1.92. The van der Waals surface area contributed by atoms with Gasteiger partial charge in [0.1, 0.15) is 0 Å². The molecule has 2 rings (SSSR count). The highest BCUT2D eigenvalue weighted by Crippen LogP contribution is 2.29. The van der Waals surface area contributed by atoms with Crippen molar-refractivity contribution in [2.24, 2.45) is 18.2 Å². The molecule has 0 spiro atoms. The van der Waals surface area contributed by atoms with Crippen molar-refractivity contribution in [3.05, 3.63) is 18.0 Å². The fourth-order valence-electron chi connectivity index (χ4n) is 2.72. The number of aryl methyl sites for hydroxylation is 1. The van der Waals surface area contributed by atoms with Crippen LogP contribution in [0.25, 0.3) is 0 Å². The highest BCUT2D eigenvalue weighted by molar-refractivity contribution is 5.10. The van der Waals surface area contributed by atoms with Gasteiger partial charge in [0, 0.05) is 37.9 Å². The van der Waals surface area contributed by atoms with Crippen LogP contribution in [0.5, 0.6) is 0 Å². The molecule has 0 radical (unpaired) electrons. The van der Waals surface area contributed by atoms with E-state index in [1.807, 2.05) is 24.1 Å². The molecule has 4 heteroatoms. The van der Waals surface area contributed by atoms with E-state index < -0.39 is 0 Å². The molecular weight excluding hydrogens is 212 g/mol. The fraction of sp³-hybridized carbons (Fsp3) is 0.769. The number of hydrogen-bond acceptors (Lipinski definition) is 3. The number of nitrogens with two attached hydrogens (primary N) is 1. The van der Waals surface area contributed by atoms with E-state index in [-0.39, 0.29) is 6.04 Å². The summed E-state index contributed by atoms with van der Waals surface area (Å²) in [5.74, 6) is 0. The van der Waals surface area contributed by atoms with E-state index in [1.54, 1.807) is 0 Å². The number of rotatable bonds is 3. The molecule has 1 aliphatic rings. The Bertz CT molecular complexity index is 369. The lowest BCUT2D eigenvalue weighted by atomic mass is 9.84. The minimum atomic E-state index is 0.0811. The van der Waals surface area contributed by atoms with E-state index in [4.69, 9.17) is 5.73 Å². The number of piperidine rings is 1. The molecular formula is C13H24N4. The molecule has 0 saturated carbocycles. The highest BCUT2D eigenvalue weighted by Gasteiger charge is 2.27. The quantitative estimate of drug-likeness (QED) is 0.866. The highest BCUT2D eigenvalue weighted by atomic mass is 15.2. The molecule has 2 N–H and O–H groups in total. The zero-order valence-electron chi connectivity index (χ0n) is 11.2. The Labute approximate surface area is 104 Å². The SMILES string of the molecule is Cn1cc(C(N)CN2CCCC(C)(C)C2)cn1. The summed E-state index contributed by atoms with van der Waals surface area (Å²) in [7, 11) is 1.93. The molecule has 0 aromatic carbocycles. The normalized spacial score (nSPS) is 22.6. The van der Waals surface area contributed by atoms with Crippen molar-refractivity contribution < 1.29 is 0 Å². The van der Waals surface area contributed by atoms with Gasteiger partial charge in [-0.15, -0.1) is 0 Å². The van der Waals surface area contributed by atoms with Gasteiger partial charge in [-0.2, -0.15) is 5.10 Å². The van der Waals surface area contributed by atoms with Crippen molar-refractivity contribution in [1.82, 2.24) is 14.7 Å². The Kier molecular flexibility index (Phi) is 3.54. The third-order valence-electron chi connectivity index (χ3n) is 3.59. The molecule has 1 atom stereocenters. The van der Waals surface area contributed by atoms with Crippen LogP contribution >= 0.6 is 0 Å². The molecule has 0 bridgehead atoms. The van der Waals surface area contributed by atoms with Crippen LogP contribution in [0.4, 0.5) is 0 Å². The second kappa shape index (κ2) is 4.78. The smallest absolute Gasteiger partial charge is 0.0537 e. The summed E-state index contributed by atoms with van der Waals surface area (Å²) in [4.78, 5) is 2.49. The first-order valence-corrected chi connectivity index (χ1v) is 6.43. The standard InChI is InChI=1S/C13H24N4/c1-13(2)5-4-6-17(10-13)9-12(14)11-7-15-16(3)8-11/h7-8,12H,4-6,9-10,14H2,1-3H3. The lowest BCUT2D eigenvalue weighted by Gasteiger charge is -2.39. The van der Waals surface area contributed by atoms with Gasteiger partial charge in [-0.05, 0) is 24.8 Å². The van der Waals surface area contributed by atoms with E-state index in [0.717, 1.165) is 18.7 Å². The third kappa shape index (κ3) is 3.30. The first-order chi connectivity index (χ1) is 7.96. The molecule has 0 amide bonds. The zero-order chi connectivity index (χ0) is 12.5. The zero-order valence-corrected chi connectivity index (χ0v) is 11.2. The van der Waals surface area contributed by atoms with Crippen LogP contribution < -0.4 is 5.73 Å². The number of likely N-dealkylation sites (tertiary alicyclic amines) is 1. The van der Waals surface area contributed by atoms with Gasteiger partial charge in [-0.1, -0.05) is 13.8 Å². The second-order valence-corrected chi connectivity index (χ2v) is 6.06. The van der Waals surface area contributed by atoms with Crippen molar-refractivity contribution in [2.45, 2.75) is 32.7 Å². The van der Waals surface area contributed by atoms with Gasteiger partial charge < -0.3 is 10.6 Å². The van der Waals surface area contributed by atoms with Crippen LogP contribution in [0, 0.1) is 5.41 Å². The Morgan fingerprint density at radius 3 is 2.88 bits per heavy atom. The third-order valence-corrected chi connectivity index (χ3v) is 3.59. The molecule has 1 aromatic rings. The summed E-state index contributed by atoms with van der Waals surface area (Å²) in [5.41, 5.74) is 7.81.